The van der Waals surface area contributed by atoms with Gasteiger partial charge in [0.05, 0.1) is 10.7 Å². The second-order valence-corrected chi connectivity index (χ2v) is 7.04. The zero-order valence-corrected chi connectivity index (χ0v) is 14.0. The number of carbonyl (C=O) groups excluding carboxylic acids is 1. The third-order valence-corrected chi connectivity index (χ3v) is 5.05. The summed E-state index contributed by atoms with van der Waals surface area (Å²) in [6.45, 7) is 5.13. The van der Waals surface area contributed by atoms with Crippen LogP contribution in [0.1, 0.15) is 48.9 Å². The van der Waals surface area contributed by atoms with Gasteiger partial charge in [-0.25, -0.2) is 4.98 Å². The Morgan fingerprint density at radius 2 is 2.18 bits per heavy atom. The lowest BCUT2D eigenvalue weighted by atomic mass is 10.0. The number of hydrogen-bond donors (Lipinski definition) is 0. The molecule has 1 aliphatic heterocycles. The molecule has 2 aromatic rings. The smallest absolute Gasteiger partial charge is 0.227 e. The fourth-order valence-corrected chi connectivity index (χ4v) is 3.81. The topological polar surface area (TPSA) is 33.2 Å². The Kier molecular flexibility index (Phi) is 4.57. The van der Waals surface area contributed by atoms with Gasteiger partial charge in [-0.1, -0.05) is 32.0 Å². The lowest BCUT2D eigenvalue weighted by Crippen LogP contribution is -2.35. The number of aromatic nitrogens is 1. The van der Waals surface area contributed by atoms with E-state index in [1.165, 1.54) is 5.56 Å². The van der Waals surface area contributed by atoms with Crippen molar-refractivity contribution >= 4 is 22.9 Å². The van der Waals surface area contributed by atoms with Crippen molar-refractivity contribution in [3.8, 4) is 0 Å². The first-order chi connectivity index (χ1) is 10.6. The molecule has 0 saturated carbocycles. The highest BCUT2D eigenvalue weighted by Gasteiger charge is 2.22. The molecule has 1 aromatic carbocycles. The van der Waals surface area contributed by atoms with E-state index in [0.717, 1.165) is 42.2 Å². The summed E-state index contributed by atoms with van der Waals surface area (Å²) in [6, 6.07) is 8.26. The van der Waals surface area contributed by atoms with Gasteiger partial charge in [0.2, 0.25) is 5.91 Å². The van der Waals surface area contributed by atoms with Gasteiger partial charge in [0.15, 0.2) is 0 Å². The molecule has 0 aliphatic carbocycles. The van der Waals surface area contributed by atoms with Gasteiger partial charge >= 0.3 is 0 Å². The van der Waals surface area contributed by atoms with Gasteiger partial charge < -0.3 is 4.90 Å². The average molecular weight is 314 g/mol. The predicted molar refractivity (Wildman–Crippen MR) is 91.6 cm³/mol. The van der Waals surface area contributed by atoms with Gasteiger partial charge in [-0.3, -0.25) is 4.79 Å². The van der Waals surface area contributed by atoms with Gasteiger partial charge in [0.1, 0.15) is 0 Å². The molecule has 1 amide bonds. The maximum Gasteiger partial charge on any atom is 0.227 e. The third-order valence-electron chi connectivity index (χ3n) is 4.13. The normalized spacial score (nSPS) is 14.2. The number of thiazole rings is 1. The molecule has 0 N–H and O–H groups in total. The summed E-state index contributed by atoms with van der Waals surface area (Å²) >= 11 is 1.67. The summed E-state index contributed by atoms with van der Waals surface area (Å²) in [5.41, 5.74) is 3.52. The summed E-state index contributed by atoms with van der Waals surface area (Å²) in [6.07, 6.45) is 3.41. The molecule has 4 heteroatoms. The van der Waals surface area contributed by atoms with E-state index >= 15 is 0 Å². The van der Waals surface area contributed by atoms with Crippen LogP contribution in [0.2, 0.25) is 0 Å². The van der Waals surface area contributed by atoms with Crippen molar-refractivity contribution in [2.24, 2.45) is 0 Å². The Bertz CT molecular complexity index is 663. The van der Waals surface area contributed by atoms with Crippen LogP contribution in [-0.4, -0.2) is 17.4 Å². The predicted octanol–water partition coefficient (Wildman–Crippen LogP) is 4.18. The highest BCUT2D eigenvalue weighted by Crippen LogP contribution is 2.27. The van der Waals surface area contributed by atoms with E-state index in [1.807, 2.05) is 11.0 Å². The SMILES string of the molecule is CC(C)c1csc(CCC(=O)N2CCCc3ccccc32)n1. The molecule has 0 bridgehead atoms. The maximum atomic E-state index is 12.6. The number of fused-ring (bicyclic) bond motifs is 1. The molecule has 2 heterocycles. The van der Waals surface area contributed by atoms with Crippen molar-refractivity contribution in [2.45, 2.75) is 45.4 Å². The Hall–Kier alpha value is -1.68. The second kappa shape index (κ2) is 6.61. The monoisotopic (exact) mass is 314 g/mol. The number of carbonyl (C=O) groups is 1. The van der Waals surface area contributed by atoms with Crippen LogP contribution in [0.15, 0.2) is 29.6 Å². The Morgan fingerprint density at radius 1 is 1.36 bits per heavy atom. The molecule has 116 valence electrons. The maximum absolute atomic E-state index is 12.6. The van der Waals surface area contributed by atoms with Crippen molar-refractivity contribution < 1.29 is 4.79 Å². The largest absolute Gasteiger partial charge is 0.312 e. The Balaban J connectivity index is 1.65. The number of rotatable bonds is 4. The van der Waals surface area contributed by atoms with Crippen LogP contribution in [-0.2, 0) is 17.6 Å². The lowest BCUT2D eigenvalue weighted by Gasteiger charge is -2.29. The summed E-state index contributed by atoms with van der Waals surface area (Å²) < 4.78 is 0. The van der Waals surface area contributed by atoms with Gasteiger partial charge in [-0.15, -0.1) is 11.3 Å². The van der Waals surface area contributed by atoms with Gasteiger partial charge in [0.25, 0.3) is 0 Å². The molecule has 0 saturated heterocycles. The first-order valence-corrected chi connectivity index (χ1v) is 8.85. The quantitative estimate of drug-likeness (QED) is 0.848. The Labute approximate surface area is 136 Å². The van der Waals surface area contributed by atoms with Crippen molar-refractivity contribution in [2.75, 3.05) is 11.4 Å². The van der Waals surface area contributed by atoms with E-state index in [0.29, 0.717) is 12.3 Å². The Morgan fingerprint density at radius 3 is 2.95 bits per heavy atom. The molecule has 1 aliphatic rings. The fraction of sp³-hybridized carbons (Fsp3) is 0.444. The summed E-state index contributed by atoms with van der Waals surface area (Å²) in [5.74, 6) is 0.670. The number of hydrogen-bond acceptors (Lipinski definition) is 3. The number of nitrogens with zero attached hydrogens (tertiary/aromatic N) is 2. The average Bonchev–Trinajstić information content (AvgIpc) is 3.01. The van der Waals surface area contributed by atoms with E-state index in [2.05, 4.69) is 42.4 Å². The fourth-order valence-electron chi connectivity index (χ4n) is 2.85. The molecule has 22 heavy (non-hydrogen) atoms. The highest BCUT2D eigenvalue weighted by molar-refractivity contribution is 7.09. The minimum atomic E-state index is 0.216. The molecule has 0 radical (unpaired) electrons. The first kappa shape index (κ1) is 15.2. The van der Waals surface area contributed by atoms with E-state index in [9.17, 15) is 4.79 Å². The van der Waals surface area contributed by atoms with E-state index in [4.69, 9.17) is 0 Å². The van der Waals surface area contributed by atoms with E-state index in [-0.39, 0.29) is 5.91 Å². The zero-order chi connectivity index (χ0) is 15.5. The van der Waals surface area contributed by atoms with Crippen LogP contribution in [0.25, 0.3) is 0 Å². The van der Waals surface area contributed by atoms with Crippen LogP contribution in [0, 0.1) is 0 Å². The number of benzene rings is 1. The molecule has 0 atom stereocenters. The standard InChI is InChI=1S/C18H22N2OS/c1-13(2)15-12-22-17(19-15)9-10-18(21)20-11-5-7-14-6-3-4-8-16(14)20/h3-4,6,8,12-13H,5,7,9-11H2,1-2H3. The van der Waals surface area contributed by atoms with E-state index < -0.39 is 0 Å². The molecule has 1 aromatic heterocycles. The zero-order valence-electron chi connectivity index (χ0n) is 13.2. The molecule has 0 spiro atoms. The molecule has 0 fully saturated rings. The van der Waals surface area contributed by atoms with Crippen LogP contribution in [0.3, 0.4) is 0 Å². The molecule has 0 unspecified atom stereocenters. The number of anilines is 1. The molecular weight excluding hydrogens is 292 g/mol. The van der Waals surface area contributed by atoms with E-state index in [1.54, 1.807) is 11.3 Å². The van der Waals surface area contributed by atoms with Crippen LogP contribution >= 0.6 is 11.3 Å². The minimum absolute atomic E-state index is 0.216. The molecular formula is C18H22N2OS. The van der Waals surface area contributed by atoms with Crippen LogP contribution in [0.5, 0.6) is 0 Å². The van der Waals surface area contributed by atoms with Gasteiger partial charge in [-0.05, 0) is 30.4 Å². The number of amides is 1. The number of para-hydroxylation sites is 1. The van der Waals surface area contributed by atoms with Crippen molar-refractivity contribution in [1.82, 2.24) is 4.98 Å². The summed E-state index contributed by atoms with van der Waals surface area (Å²) in [5, 5.41) is 3.18. The van der Waals surface area contributed by atoms with Crippen molar-refractivity contribution in [3.63, 3.8) is 0 Å². The third kappa shape index (κ3) is 3.22. The van der Waals surface area contributed by atoms with Crippen molar-refractivity contribution in [1.29, 1.82) is 0 Å². The first-order valence-electron chi connectivity index (χ1n) is 7.97. The molecule has 3 rings (SSSR count). The summed E-state index contributed by atoms with van der Waals surface area (Å²) in [4.78, 5) is 19.2. The minimum Gasteiger partial charge on any atom is -0.312 e. The van der Waals surface area contributed by atoms with Crippen LogP contribution < -0.4 is 4.90 Å². The number of aryl methyl sites for hydroxylation is 2. The highest BCUT2D eigenvalue weighted by atomic mass is 32.1. The summed E-state index contributed by atoms with van der Waals surface area (Å²) in [7, 11) is 0. The lowest BCUT2D eigenvalue weighted by molar-refractivity contribution is -0.118. The van der Waals surface area contributed by atoms with Gasteiger partial charge in [-0.2, -0.15) is 0 Å². The second-order valence-electron chi connectivity index (χ2n) is 6.10. The van der Waals surface area contributed by atoms with Crippen LogP contribution in [0.4, 0.5) is 5.69 Å². The molecule has 3 nitrogen and oxygen atoms in total. The van der Waals surface area contributed by atoms with Gasteiger partial charge in [0, 0.05) is 30.5 Å². The van der Waals surface area contributed by atoms with Crippen molar-refractivity contribution in [3.05, 3.63) is 45.9 Å².